The normalized spacial score (nSPS) is 17.6. The molecule has 4 heteroatoms. The Hall–Kier alpha value is -1.55. The molecule has 1 fully saturated rings. The zero-order valence-corrected chi connectivity index (χ0v) is 11.6. The van der Waals surface area contributed by atoms with Crippen molar-refractivity contribution in [2.75, 3.05) is 6.54 Å². The molecule has 1 aliphatic carbocycles. The quantitative estimate of drug-likeness (QED) is 0.818. The van der Waals surface area contributed by atoms with Crippen LogP contribution in [0.5, 0.6) is 5.75 Å². The van der Waals surface area contributed by atoms with E-state index < -0.39 is 6.10 Å². The maximum atomic E-state index is 11.9. The van der Waals surface area contributed by atoms with Crippen LogP contribution in [0.2, 0.25) is 0 Å². The minimum absolute atomic E-state index is 0.0788. The summed E-state index contributed by atoms with van der Waals surface area (Å²) < 4.78 is 5.61. The van der Waals surface area contributed by atoms with Gasteiger partial charge in [-0.05, 0) is 50.3 Å². The molecule has 0 aliphatic heterocycles. The molecule has 2 unspecified atom stereocenters. The van der Waals surface area contributed by atoms with Gasteiger partial charge >= 0.3 is 0 Å². The summed E-state index contributed by atoms with van der Waals surface area (Å²) in [5.41, 5.74) is 7.06. The molecule has 0 saturated heterocycles. The van der Waals surface area contributed by atoms with E-state index in [1.54, 1.807) is 6.92 Å². The number of benzene rings is 1. The summed E-state index contributed by atoms with van der Waals surface area (Å²) in [6.07, 6.45) is 1.87. The van der Waals surface area contributed by atoms with Gasteiger partial charge in [-0.1, -0.05) is 12.1 Å². The van der Waals surface area contributed by atoms with E-state index >= 15 is 0 Å². The average molecular weight is 262 g/mol. The SMILES string of the molecule is Cc1cccc(OC(C)C(=O)NCC(N)C2CC2)c1. The Kier molecular flexibility index (Phi) is 4.43. The first-order chi connectivity index (χ1) is 9.06. The van der Waals surface area contributed by atoms with Crippen LogP contribution in [0.25, 0.3) is 0 Å². The molecular weight excluding hydrogens is 240 g/mol. The standard InChI is InChI=1S/C15H22N2O2/c1-10-4-3-5-13(8-10)19-11(2)15(18)17-9-14(16)12-6-7-12/h3-5,8,11-12,14H,6-7,9,16H2,1-2H3,(H,17,18). The molecule has 1 aliphatic rings. The van der Waals surface area contributed by atoms with Crippen molar-refractivity contribution in [3.63, 3.8) is 0 Å². The average Bonchev–Trinajstić information content (AvgIpc) is 3.19. The lowest BCUT2D eigenvalue weighted by Gasteiger charge is -2.17. The summed E-state index contributed by atoms with van der Waals surface area (Å²) in [5, 5.41) is 2.85. The van der Waals surface area contributed by atoms with Crippen molar-refractivity contribution in [1.82, 2.24) is 5.32 Å². The summed E-state index contributed by atoms with van der Waals surface area (Å²) in [5.74, 6) is 1.19. The number of carbonyl (C=O) groups excluding carboxylic acids is 1. The molecule has 4 nitrogen and oxygen atoms in total. The summed E-state index contributed by atoms with van der Waals surface area (Å²) in [4.78, 5) is 11.9. The number of nitrogens with one attached hydrogen (secondary N) is 1. The van der Waals surface area contributed by atoms with Crippen LogP contribution in [0.15, 0.2) is 24.3 Å². The van der Waals surface area contributed by atoms with Crippen LogP contribution in [0.4, 0.5) is 0 Å². The monoisotopic (exact) mass is 262 g/mol. The topological polar surface area (TPSA) is 64.3 Å². The predicted molar refractivity (Wildman–Crippen MR) is 75.0 cm³/mol. The number of nitrogens with two attached hydrogens (primary N) is 1. The van der Waals surface area contributed by atoms with Crippen molar-refractivity contribution < 1.29 is 9.53 Å². The van der Waals surface area contributed by atoms with Crippen LogP contribution >= 0.6 is 0 Å². The molecule has 1 amide bonds. The second kappa shape index (κ2) is 6.06. The van der Waals surface area contributed by atoms with Gasteiger partial charge in [0.15, 0.2) is 6.10 Å². The van der Waals surface area contributed by atoms with Crippen molar-refractivity contribution in [3.05, 3.63) is 29.8 Å². The highest BCUT2D eigenvalue weighted by Crippen LogP contribution is 2.31. The fourth-order valence-electron chi connectivity index (χ4n) is 2.00. The first-order valence-corrected chi connectivity index (χ1v) is 6.83. The van der Waals surface area contributed by atoms with Gasteiger partial charge in [0.2, 0.25) is 0 Å². The summed E-state index contributed by atoms with van der Waals surface area (Å²) in [6, 6.07) is 7.76. The molecule has 3 N–H and O–H groups in total. The maximum Gasteiger partial charge on any atom is 0.260 e. The molecule has 19 heavy (non-hydrogen) atoms. The molecule has 0 bridgehead atoms. The Bertz CT molecular complexity index is 444. The largest absolute Gasteiger partial charge is 0.481 e. The smallest absolute Gasteiger partial charge is 0.260 e. The van der Waals surface area contributed by atoms with Crippen LogP contribution in [0, 0.1) is 12.8 Å². The number of hydrogen-bond donors (Lipinski definition) is 2. The highest BCUT2D eigenvalue weighted by atomic mass is 16.5. The van der Waals surface area contributed by atoms with E-state index in [4.69, 9.17) is 10.5 Å². The Morgan fingerprint density at radius 2 is 2.26 bits per heavy atom. The fourth-order valence-corrected chi connectivity index (χ4v) is 2.00. The van der Waals surface area contributed by atoms with Crippen molar-refractivity contribution in [2.24, 2.45) is 11.7 Å². The highest BCUT2D eigenvalue weighted by Gasteiger charge is 2.28. The zero-order chi connectivity index (χ0) is 13.8. The molecule has 1 aromatic rings. The zero-order valence-electron chi connectivity index (χ0n) is 11.6. The number of carbonyl (C=O) groups is 1. The minimum atomic E-state index is -0.506. The van der Waals surface area contributed by atoms with Gasteiger partial charge in [0, 0.05) is 12.6 Å². The lowest BCUT2D eigenvalue weighted by atomic mass is 10.2. The molecule has 1 aromatic carbocycles. The van der Waals surface area contributed by atoms with E-state index in [1.165, 1.54) is 12.8 Å². The van der Waals surface area contributed by atoms with E-state index in [9.17, 15) is 4.79 Å². The number of ether oxygens (including phenoxy) is 1. The molecular formula is C15H22N2O2. The van der Waals surface area contributed by atoms with Gasteiger partial charge in [0.05, 0.1) is 0 Å². The third-order valence-corrected chi connectivity index (χ3v) is 3.41. The van der Waals surface area contributed by atoms with Gasteiger partial charge in [0.25, 0.3) is 5.91 Å². The van der Waals surface area contributed by atoms with Crippen LogP contribution in [-0.4, -0.2) is 24.6 Å². The molecule has 104 valence electrons. The molecule has 2 rings (SSSR count). The molecule has 1 saturated carbocycles. The molecule has 0 radical (unpaired) electrons. The first-order valence-electron chi connectivity index (χ1n) is 6.83. The number of amides is 1. The van der Waals surface area contributed by atoms with Crippen LogP contribution in [-0.2, 0) is 4.79 Å². The van der Waals surface area contributed by atoms with Crippen molar-refractivity contribution in [1.29, 1.82) is 0 Å². The second-order valence-electron chi connectivity index (χ2n) is 5.32. The molecule has 0 heterocycles. The van der Waals surface area contributed by atoms with Crippen molar-refractivity contribution in [3.8, 4) is 5.75 Å². The number of hydrogen-bond acceptors (Lipinski definition) is 3. The van der Waals surface area contributed by atoms with E-state index in [0.29, 0.717) is 18.2 Å². The molecule has 0 spiro atoms. The van der Waals surface area contributed by atoms with Crippen LogP contribution in [0.3, 0.4) is 0 Å². The molecule has 2 atom stereocenters. The third-order valence-electron chi connectivity index (χ3n) is 3.41. The summed E-state index contributed by atoms with van der Waals surface area (Å²) in [7, 11) is 0. The van der Waals surface area contributed by atoms with Gasteiger partial charge in [-0.2, -0.15) is 0 Å². The predicted octanol–water partition coefficient (Wildman–Crippen LogP) is 1.62. The van der Waals surface area contributed by atoms with Crippen molar-refractivity contribution >= 4 is 5.91 Å². The summed E-state index contributed by atoms with van der Waals surface area (Å²) in [6.45, 7) is 4.28. The highest BCUT2D eigenvalue weighted by molar-refractivity contribution is 5.80. The lowest BCUT2D eigenvalue weighted by molar-refractivity contribution is -0.127. The maximum absolute atomic E-state index is 11.9. The Morgan fingerprint density at radius 1 is 1.53 bits per heavy atom. The van der Waals surface area contributed by atoms with Crippen LogP contribution < -0.4 is 15.8 Å². The van der Waals surface area contributed by atoms with Gasteiger partial charge < -0.3 is 15.8 Å². The van der Waals surface area contributed by atoms with Crippen molar-refractivity contribution in [2.45, 2.75) is 38.8 Å². The van der Waals surface area contributed by atoms with Crippen LogP contribution in [0.1, 0.15) is 25.3 Å². The fraction of sp³-hybridized carbons (Fsp3) is 0.533. The Labute approximate surface area is 114 Å². The van der Waals surface area contributed by atoms with Gasteiger partial charge in [-0.25, -0.2) is 0 Å². The van der Waals surface area contributed by atoms with E-state index in [2.05, 4.69) is 5.32 Å². The van der Waals surface area contributed by atoms with E-state index in [1.807, 2.05) is 31.2 Å². The Morgan fingerprint density at radius 3 is 2.89 bits per heavy atom. The van der Waals surface area contributed by atoms with Gasteiger partial charge in [-0.3, -0.25) is 4.79 Å². The first kappa shape index (κ1) is 13.9. The number of aryl methyl sites for hydroxylation is 1. The third kappa shape index (κ3) is 4.24. The van der Waals surface area contributed by atoms with E-state index in [-0.39, 0.29) is 11.9 Å². The number of rotatable bonds is 6. The summed E-state index contributed by atoms with van der Waals surface area (Å²) >= 11 is 0. The molecule has 0 aromatic heterocycles. The minimum Gasteiger partial charge on any atom is -0.481 e. The Balaban J connectivity index is 1.78. The van der Waals surface area contributed by atoms with Gasteiger partial charge in [0.1, 0.15) is 5.75 Å². The van der Waals surface area contributed by atoms with Gasteiger partial charge in [-0.15, -0.1) is 0 Å². The van der Waals surface area contributed by atoms with E-state index in [0.717, 1.165) is 5.56 Å². The lowest BCUT2D eigenvalue weighted by Crippen LogP contribution is -2.43. The second-order valence-corrected chi connectivity index (χ2v) is 5.32.